The average molecular weight is 386 g/mol. The third-order valence-corrected chi connectivity index (χ3v) is 6.00. The van der Waals surface area contributed by atoms with Crippen molar-refractivity contribution in [3.63, 3.8) is 0 Å². The zero-order valence-electron chi connectivity index (χ0n) is 15.9. The maximum atomic E-state index is 15.2. The van der Waals surface area contributed by atoms with Gasteiger partial charge >= 0.3 is 5.97 Å². The zero-order chi connectivity index (χ0) is 19.4. The van der Waals surface area contributed by atoms with Gasteiger partial charge in [0.1, 0.15) is 11.3 Å². The molecule has 28 heavy (non-hydrogen) atoms. The van der Waals surface area contributed by atoms with Gasteiger partial charge in [-0.05, 0) is 38.7 Å². The van der Waals surface area contributed by atoms with Crippen molar-refractivity contribution < 1.29 is 18.7 Å². The van der Waals surface area contributed by atoms with Crippen molar-refractivity contribution >= 4 is 22.6 Å². The number of benzene rings is 1. The van der Waals surface area contributed by atoms with E-state index in [1.54, 1.807) is 13.1 Å². The molecule has 1 saturated heterocycles. The first-order chi connectivity index (χ1) is 13.6. The van der Waals surface area contributed by atoms with Crippen LogP contribution in [-0.4, -0.2) is 36.3 Å². The Kier molecular flexibility index (Phi) is 4.07. The predicted octanol–water partition coefficient (Wildman–Crippen LogP) is 3.40. The highest BCUT2D eigenvalue weighted by atomic mass is 19.1. The fourth-order valence-corrected chi connectivity index (χ4v) is 4.57. The standard InChI is InChI=1S/C21H23FN2O4/c1-2-27-21(26)15-11-24(13-5-6-13)17-14(19(15)25)10-16(22)18-20(17)28-9-7-12-4-3-8-23(12)18/h10-13H,2-9H2,1H3. The summed E-state index contributed by atoms with van der Waals surface area (Å²) in [4.78, 5) is 27.5. The number of carbonyl (C=O) groups is 1. The summed E-state index contributed by atoms with van der Waals surface area (Å²) in [7, 11) is 0. The number of ether oxygens (including phenoxy) is 2. The molecule has 0 N–H and O–H groups in total. The Bertz CT molecular complexity index is 1030. The van der Waals surface area contributed by atoms with Crippen LogP contribution in [0.15, 0.2) is 17.1 Å². The monoisotopic (exact) mass is 386 g/mol. The first kappa shape index (κ1) is 17.5. The summed E-state index contributed by atoms with van der Waals surface area (Å²) < 4.78 is 28.3. The Balaban J connectivity index is 1.81. The van der Waals surface area contributed by atoms with Gasteiger partial charge in [-0.15, -0.1) is 0 Å². The smallest absolute Gasteiger partial charge is 0.343 e. The lowest BCUT2D eigenvalue weighted by molar-refractivity contribution is 0.0524. The van der Waals surface area contributed by atoms with Gasteiger partial charge in [0.25, 0.3) is 0 Å². The van der Waals surface area contributed by atoms with Crippen LogP contribution in [0.1, 0.15) is 55.4 Å². The minimum atomic E-state index is -0.667. The molecule has 1 aromatic carbocycles. The summed E-state index contributed by atoms with van der Waals surface area (Å²) in [6.07, 6.45) is 6.38. The third-order valence-electron chi connectivity index (χ3n) is 6.00. The number of fused-ring (bicyclic) bond motifs is 5. The van der Waals surface area contributed by atoms with Crippen molar-refractivity contribution in [2.24, 2.45) is 0 Å². The second kappa shape index (κ2) is 6.50. The van der Waals surface area contributed by atoms with E-state index < -0.39 is 17.2 Å². The second-order valence-electron chi connectivity index (χ2n) is 7.79. The maximum absolute atomic E-state index is 15.2. The molecule has 2 aromatic rings. The molecule has 148 valence electrons. The number of hydrogen-bond donors (Lipinski definition) is 0. The highest BCUT2D eigenvalue weighted by Crippen LogP contribution is 2.46. The lowest BCUT2D eigenvalue weighted by Crippen LogP contribution is -2.29. The normalized spacial score (nSPS) is 21.1. The fourth-order valence-electron chi connectivity index (χ4n) is 4.57. The number of aromatic nitrogens is 1. The number of halogens is 1. The molecule has 5 rings (SSSR count). The van der Waals surface area contributed by atoms with E-state index in [1.165, 1.54) is 6.07 Å². The Morgan fingerprint density at radius 3 is 2.86 bits per heavy atom. The Morgan fingerprint density at radius 2 is 2.11 bits per heavy atom. The van der Waals surface area contributed by atoms with Gasteiger partial charge in [-0.3, -0.25) is 4.79 Å². The van der Waals surface area contributed by atoms with E-state index in [0.29, 0.717) is 23.6 Å². The van der Waals surface area contributed by atoms with Crippen molar-refractivity contribution in [2.45, 2.75) is 51.1 Å². The second-order valence-corrected chi connectivity index (χ2v) is 7.79. The minimum Gasteiger partial charge on any atom is -0.489 e. The van der Waals surface area contributed by atoms with Crippen LogP contribution < -0.4 is 15.1 Å². The van der Waals surface area contributed by atoms with Crippen molar-refractivity contribution in [2.75, 3.05) is 24.7 Å². The van der Waals surface area contributed by atoms with E-state index in [9.17, 15) is 9.59 Å². The van der Waals surface area contributed by atoms with Crippen LogP contribution in [0.3, 0.4) is 0 Å². The highest BCUT2D eigenvalue weighted by Gasteiger charge is 2.36. The van der Waals surface area contributed by atoms with Crippen molar-refractivity contribution in [3.8, 4) is 5.75 Å². The van der Waals surface area contributed by atoms with Gasteiger partial charge in [-0.2, -0.15) is 0 Å². The molecule has 2 fully saturated rings. The summed E-state index contributed by atoms with van der Waals surface area (Å²) in [6.45, 7) is 3.15. The van der Waals surface area contributed by atoms with Crippen molar-refractivity contribution in [1.29, 1.82) is 0 Å². The van der Waals surface area contributed by atoms with Gasteiger partial charge in [0.05, 0.1) is 24.1 Å². The van der Waals surface area contributed by atoms with Crippen LogP contribution in [0.4, 0.5) is 10.1 Å². The average Bonchev–Trinajstić information content (AvgIpc) is 3.45. The molecule has 6 nitrogen and oxygen atoms in total. The Hall–Kier alpha value is -2.57. The summed E-state index contributed by atoms with van der Waals surface area (Å²) >= 11 is 0. The van der Waals surface area contributed by atoms with Crippen LogP contribution in [0.2, 0.25) is 0 Å². The summed E-state index contributed by atoms with van der Waals surface area (Å²) in [6, 6.07) is 1.74. The molecular formula is C21H23FN2O4. The van der Waals surface area contributed by atoms with Crippen molar-refractivity contribution in [1.82, 2.24) is 4.57 Å². The predicted molar refractivity (Wildman–Crippen MR) is 103 cm³/mol. The van der Waals surface area contributed by atoms with Crippen molar-refractivity contribution in [3.05, 3.63) is 33.9 Å². The topological polar surface area (TPSA) is 60.8 Å². The quantitative estimate of drug-likeness (QED) is 0.757. The molecule has 3 aliphatic rings. The number of nitrogens with zero attached hydrogens (tertiary/aromatic N) is 2. The molecule has 1 unspecified atom stereocenters. The minimum absolute atomic E-state index is 0.0479. The molecule has 1 aromatic heterocycles. The van der Waals surface area contributed by atoms with Gasteiger partial charge < -0.3 is 18.9 Å². The molecule has 0 radical (unpaired) electrons. The first-order valence-electron chi connectivity index (χ1n) is 10.1. The summed E-state index contributed by atoms with van der Waals surface area (Å²) in [5, 5.41) is 0.186. The number of hydrogen-bond acceptors (Lipinski definition) is 5. The van der Waals surface area contributed by atoms with Gasteiger partial charge in [-0.25, -0.2) is 9.18 Å². The van der Waals surface area contributed by atoms with E-state index in [4.69, 9.17) is 9.47 Å². The van der Waals surface area contributed by atoms with E-state index >= 15 is 4.39 Å². The van der Waals surface area contributed by atoms with Gasteiger partial charge in [0, 0.05) is 31.2 Å². The number of pyridine rings is 1. The molecule has 7 heteroatoms. The number of carbonyl (C=O) groups excluding carboxylic acids is 1. The third kappa shape index (κ3) is 2.59. The zero-order valence-corrected chi connectivity index (χ0v) is 15.9. The van der Waals surface area contributed by atoms with E-state index in [1.807, 2.05) is 4.57 Å². The van der Waals surface area contributed by atoms with Crippen LogP contribution in [-0.2, 0) is 4.74 Å². The van der Waals surface area contributed by atoms with Gasteiger partial charge in [-0.1, -0.05) is 0 Å². The molecule has 0 bridgehead atoms. The molecule has 2 aliphatic heterocycles. The Morgan fingerprint density at radius 1 is 1.29 bits per heavy atom. The summed E-state index contributed by atoms with van der Waals surface area (Å²) in [5.74, 6) is -0.685. The molecule has 0 amide bonds. The lowest BCUT2D eigenvalue weighted by atomic mass is 10.1. The molecular weight excluding hydrogens is 363 g/mol. The molecule has 1 atom stereocenters. The highest BCUT2D eigenvalue weighted by molar-refractivity contribution is 5.97. The molecule has 1 aliphatic carbocycles. The number of rotatable bonds is 3. The largest absolute Gasteiger partial charge is 0.489 e. The van der Waals surface area contributed by atoms with E-state index in [2.05, 4.69) is 4.90 Å². The molecule has 0 spiro atoms. The summed E-state index contributed by atoms with van der Waals surface area (Å²) in [5.41, 5.74) is 0.515. The van der Waals surface area contributed by atoms with E-state index in [0.717, 1.165) is 38.6 Å². The van der Waals surface area contributed by atoms with Gasteiger partial charge in [0.2, 0.25) is 5.43 Å². The number of esters is 1. The molecule has 1 saturated carbocycles. The first-order valence-corrected chi connectivity index (χ1v) is 10.1. The fraction of sp³-hybridized carbons (Fsp3) is 0.524. The van der Waals surface area contributed by atoms with Gasteiger partial charge in [0.15, 0.2) is 11.6 Å². The molecule has 3 heterocycles. The van der Waals surface area contributed by atoms with Crippen LogP contribution in [0.5, 0.6) is 5.75 Å². The maximum Gasteiger partial charge on any atom is 0.343 e. The number of anilines is 1. The van der Waals surface area contributed by atoms with Crippen LogP contribution in [0.25, 0.3) is 10.9 Å². The Labute approximate surface area is 161 Å². The lowest BCUT2D eigenvalue weighted by Gasteiger charge is -2.26. The SMILES string of the molecule is CCOC(=O)c1cn(C2CC2)c2c3c(c(F)cc2c1=O)N1CCCC1CCO3. The van der Waals surface area contributed by atoms with Crippen LogP contribution >= 0.6 is 0 Å². The van der Waals surface area contributed by atoms with Crippen LogP contribution in [0, 0.1) is 5.82 Å². The van der Waals surface area contributed by atoms with E-state index in [-0.39, 0.29) is 29.6 Å².